The first-order chi connectivity index (χ1) is 13.9. The first-order valence-electron chi connectivity index (χ1n) is 9.31. The van der Waals surface area contributed by atoms with Crippen molar-refractivity contribution >= 4 is 27.2 Å². The van der Waals surface area contributed by atoms with Crippen LogP contribution in [0.25, 0.3) is 10.2 Å². The monoisotopic (exact) mass is 423 g/mol. The largest absolute Gasteiger partial charge is 0.573 e. The Bertz CT molecular complexity index is 1020. The molecule has 0 aliphatic carbocycles. The average molecular weight is 423 g/mol. The lowest BCUT2D eigenvalue weighted by Crippen LogP contribution is -2.47. The van der Waals surface area contributed by atoms with E-state index in [4.69, 9.17) is 0 Å². The maximum absolute atomic E-state index is 12.2. The lowest BCUT2D eigenvalue weighted by Gasteiger charge is -2.36. The molecule has 1 aliphatic rings. The van der Waals surface area contributed by atoms with Crippen molar-refractivity contribution in [1.82, 2.24) is 9.88 Å². The lowest BCUT2D eigenvalue weighted by molar-refractivity contribution is -0.274. The molecule has 2 aromatic carbocycles. The molecule has 0 radical (unpaired) electrons. The molecule has 3 aromatic rings. The number of H-pyrrole nitrogens is 1. The fourth-order valence-corrected chi connectivity index (χ4v) is 4.34. The summed E-state index contributed by atoms with van der Waals surface area (Å²) < 4.78 is 41.5. The van der Waals surface area contributed by atoms with Crippen molar-refractivity contribution in [3.63, 3.8) is 0 Å². The molecule has 2 heterocycles. The average Bonchev–Trinajstić information content (AvgIpc) is 3.07. The van der Waals surface area contributed by atoms with E-state index in [0.717, 1.165) is 60.6 Å². The van der Waals surface area contributed by atoms with Gasteiger partial charge in [-0.05, 0) is 36.2 Å². The number of fused-ring (bicyclic) bond motifs is 1. The summed E-state index contributed by atoms with van der Waals surface area (Å²) in [5, 5.41) is 0. The van der Waals surface area contributed by atoms with Crippen LogP contribution in [0.4, 0.5) is 18.9 Å². The highest BCUT2D eigenvalue weighted by atomic mass is 32.1. The molecular weight excluding hydrogens is 403 g/mol. The number of nitrogens with zero attached hydrogens (tertiary/aromatic N) is 2. The summed E-state index contributed by atoms with van der Waals surface area (Å²) in [7, 11) is 0. The van der Waals surface area contributed by atoms with E-state index in [1.54, 1.807) is 12.1 Å². The Morgan fingerprint density at radius 2 is 1.76 bits per heavy atom. The lowest BCUT2D eigenvalue weighted by atomic mass is 10.1. The number of thiazole rings is 1. The SMILES string of the molecule is O=c1[nH]c2c(N3CCN(CCc4ccc(OC(F)(F)F)cc4)CC3)cccc2s1. The van der Waals surface area contributed by atoms with Gasteiger partial charge in [0.1, 0.15) is 5.75 Å². The van der Waals surface area contributed by atoms with Crippen molar-refractivity contribution in [2.24, 2.45) is 0 Å². The van der Waals surface area contributed by atoms with E-state index in [1.165, 1.54) is 23.5 Å². The van der Waals surface area contributed by atoms with Crippen LogP contribution in [0, 0.1) is 0 Å². The van der Waals surface area contributed by atoms with E-state index in [0.29, 0.717) is 0 Å². The number of aromatic nitrogens is 1. The second kappa shape index (κ2) is 8.08. The van der Waals surface area contributed by atoms with Crippen LogP contribution >= 0.6 is 11.3 Å². The number of nitrogens with one attached hydrogen (secondary N) is 1. The van der Waals surface area contributed by atoms with Gasteiger partial charge in [0.25, 0.3) is 0 Å². The van der Waals surface area contributed by atoms with Crippen LogP contribution in [0.1, 0.15) is 5.56 Å². The van der Waals surface area contributed by atoms with Crippen LogP contribution in [0.3, 0.4) is 0 Å². The van der Waals surface area contributed by atoms with Gasteiger partial charge < -0.3 is 14.6 Å². The second-order valence-electron chi connectivity index (χ2n) is 6.94. The van der Waals surface area contributed by atoms with Crippen LogP contribution < -0.4 is 14.5 Å². The summed E-state index contributed by atoms with van der Waals surface area (Å²) in [6, 6.07) is 12.0. The molecule has 1 fully saturated rings. The number of aromatic amines is 1. The maximum atomic E-state index is 12.2. The number of para-hydroxylation sites is 1. The second-order valence-corrected chi connectivity index (χ2v) is 7.95. The number of ether oxygens (including phenoxy) is 1. The summed E-state index contributed by atoms with van der Waals surface area (Å²) in [5.74, 6) is -0.199. The molecule has 0 bridgehead atoms. The van der Waals surface area contributed by atoms with Gasteiger partial charge in [0.2, 0.25) is 0 Å². The number of benzene rings is 2. The van der Waals surface area contributed by atoms with E-state index < -0.39 is 6.36 Å². The Hall–Kier alpha value is -2.52. The van der Waals surface area contributed by atoms with Crippen LogP contribution in [0.2, 0.25) is 0 Å². The molecule has 0 atom stereocenters. The molecular formula is C20H20F3N3O2S. The van der Waals surface area contributed by atoms with E-state index in [9.17, 15) is 18.0 Å². The van der Waals surface area contributed by atoms with Crippen molar-refractivity contribution < 1.29 is 17.9 Å². The molecule has 1 aromatic heterocycles. The predicted molar refractivity (Wildman–Crippen MR) is 108 cm³/mol. The van der Waals surface area contributed by atoms with Gasteiger partial charge in [-0.15, -0.1) is 13.2 Å². The topological polar surface area (TPSA) is 48.6 Å². The zero-order valence-corrected chi connectivity index (χ0v) is 16.4. The molecule has 1 N–H and O–H groups in total. The highest BCUT2D eigenvalue weighted by Gasteiger charge is 2.31. The standard InChI is InChI=1S/C20H20F3N3O2S/c21-20(22,23)28-15-6-4-14(5-7-15)8-9-25-10-12-26(13-11-25)16-2-1-3-17-18(16)24-19(27)29-17/h1-7H,8-13H2,(H,24,27). The van der Waals surface area contributed by atoms with Crippen molar-refractivity contribution in [1.29, 1.82) is 0 Å². The maximum Gasteiger partial charge on any atom is 0.573 e. The van der Waals surface area contributed by atoms with Crippen molar-refractivity contribution in [2.75, 3.05) is 37.6 Å². The van der Waals surface area contributed by atoms with Gasteiger partial charge in [0.15, 0.2) is 0 Å². The fraction of sp³-hybridized carbons (Fsp3) is 0.350. The van der Waals surface area contributed by atoms with Gasteiger partial charge in [0, 0.05) is 32.7 Å². The van der Waals surface area contributed by atoms with E-state index in [1.807, 2.05) is 18.2 Å². The van der Waals surface area contributed by atoms with Gasteiger partial charge in [0.05, 0.1) is 15.9 Å². The van der Waals surface area contributed by atoms with Crippen molar-refractivity contribution in [2.45, 2.75) is 12.8 Å². The number of alkyl halides is 3. The third kappa shape index (κ3) is 4.91. The summed E-state index contributed by atoms with van der Waals surface area (Å²) >= 11 is 1.22. The highest BCUT2D eigenvalue weighted by molar-refractivity contribution is 7.16. The van der Waals surface area contributed by atoms with E-state index >= 15 is 0 Å². The molecule has 1 aliphatic heterocycles. The van der Waals surface area contributed by atoms with Crippen molar-refractivity contribution in [3.8, 4) is 5.75 Å². The number of rotatable bonds is 5. The molecule has 5 nitrogen and oxygen atoms in total. The van der Waals surface area contributed by atoms with Crippen molar-refractivity contribution in [3.05, 3.63) is 57.7 Å². The molecule has 0 unspecified atom stereocenters. The van der Waals surface area contributed by atoms with E-state index in [-0.39, 0.29) is 10.6 Å². The molecule has 154 valence electrons. The van der Waals surface area contributed by atoms with Gasteiger partial charge in [-0.2, -0.15) is 0 Å². The smallest absolute Gasteiger partial charge is 0.406 e. The molecule has 1 saturated heterocycles. The Kier molecular flexibility index (Phi) is 5.51. The first-order valence-corrected chi connectivity index (χ1v) is 10.1. The van der Waals surface area contributed by atoms with Gasteiger partial charge in [-0.25, -0.2) is 0 Å². The summed E-state index contributed by atoms with van der Waals surface area (Å²) in [6.07, 6.45) is -3.90. The zero-order valence-electron chi connectivity index (χ0n) is 15.5. The minimum Gasteiger partial charge on any atom is -0.406 e. The van der Waals surface area contributed by atoms with Crippen LogP contribution in [-0.4, -0.2) is 49.0 Å². The molecule has 9 heteroatoms. The third-order valence-electron chi connectivity index (χ3n) is 5.02. The Morgan fingerprint density at radius 1 is 1.03 bits per heavy atom. The third-order valence-corrected chi connectivity index (χ3v) is 5.87. The number of hydrogen-bond acceptors (Lipinski definition) is 5. The molecule has 0 amide bonds. The van der Waals surface area contributed by atoms with Gasteiger partial charge in [-0.3, -0.25) is 9.69 Å². The van der Waals surface area contributed by atoms with Gasteiger partial charge >= 0.3 is 11.2 Å². The molecule has 0 saturated carbocycles. The number of anilines is 1. The minimum absolute atomic E-state index is 0.0438. The van der Waals surface area contributed by atoms with Crippen LogP contribution in [0.5, 0.6) is 5.75 Å². The first kappa shape index (κ1) is 19.8. The predicted octanol–water partition coefficient (Wildman–Crippen LogP) is 3.85. The number of halogens is 3. The van der Waals surface area contributed by atoms with Crippen LogP contribution in [0.15, 0.2) is 47.3 Å². The molecule has 29 heavy (non-hydrogen) atoms. The van der Waals surface area contributed by atoms with Gasteiger partial charge in [-0.1, -0.05) is 29.5 Å². The Labute approximate surface area is 169 Å². The normalized spacial score (nSPS) is 15.8. The minimum atomic E-state index is -4.67. The zero-order chi connectivity index (χ0) is 20.4. The van der Waals surface area contributed by atoms with Crippen LogP contribution in [-0.2, 0) is 6.42 Å². The molecule has 0 spiro atoms. The quantitative estimate of drug-likeness (QED) is 0.677. The Morgan fingerprint density at radius 3 is 2.45 bits per heavy atom. The summed E-state index contributed by atoms with van der Waals surface area (Å²) in [6.45, 7) is 4.33. The number of hydrogen-bond donors (Lipinski definition) is 1. The highest BCUT2D eigenvalue weighted by Crippen LogP contribution is 2.27. The fourth-order valence-electron chi connectivity index (χ4n) is 3.58. The number of piperazine rings is 1. The summed E-state index contributed by atoms with van der Waals surface area (Å²) in [5.41, 5.74) is 2.93. The molecule has 4 rings (SSSR count). The van der Waals surface area contributed by atoms with E-state index in [2.05, 4.69) is 19.5 Å². The summed E-state index contributed by atoms with van der Waals surface area (Å²) in [4.78, 5) is 19.2. The Balaban J connectivity index is 1.30.